The van der Waals surface area contributed by atoms with E-state index < -0.39 is 0 Å². The molecule has 0 spiro atoms. The molecular weight excluding hydrogens is 234 g/mol. The molecule has 0 saturated carbocycles. The second-order valence-corrected chi connectivity index (χ2v) is 4.72. The SMILES string of the molecule is CC(Nc1ccnc(C(N)=S)c1)C1CCCO1. The predicted molar refractivity (Wildman–Crippen MR) is 72.2 cm³/mol. The van der Waals surface area contributed by atoms with Gasteiger partial charge < -0.3 is 15.8 Å². The minimum atomic E-state index is 0.277. The fourth-order valence-corrected chi connectivity index (χ4v) is 2.12. The average molecular weight is 251 g/mol. The van der Waals surface area contributed by atoms with Crippen LogP contribution in [0.3, 0.4) is 0 Å². The van der Waals surface area contributed by atoms with Gasteiger partial charge in [0, 0.05) is 24.5 Å². The second kappa shape index (κ2) is 5.42. The highest BCUT2D eigenvalue weighted by molar-refractivity contribution is 7.80. The van der Waals surface area contributed by atoms with E-state index in [1.807, 2.05) is 12.1 Å². The van der Waals surface area contributed by atoms with Gasteiger partial charge in [-0.3, -0.25) is 4.98 Å². The minimum Gasteiger partial charge on any atom is -0.388 e. The number of pyridine rings is 1. The Morgan fingerprint density at radius 1 is 1.71 bits per heavy atom. The number of nitrogens with zero attached hydrogens (tertiary/aromatic N) is 1. The molecule has 1 aromatic heterocycles. The Kier molecular flexibility index (Phi) is 3.91. The van der Waals surface area contributed by atoms with Gasteiger partial charge in [0.2, 0.25) is 0 Å². The third kappa shape index (κ3) is 3.14. The van der Waals surface area contributed by atoms with Crippen molar-refractivity contribution in [3.05, 3.63) is 24.0 Å². The third-order valence-corrected chi connectivity index (χ3v) is 3.14. The summed E-state index contributed by atoms with van der Waals surface area (Å²) in [5.74, 6) is 0. The molecule has 1 aromatic rings. The first-order chi connectivity index (χ1) is 8.16. The molecule has 2 atom stereocenters. The fraction of sp³-hybridized carbons (Fsp3) is 0.500. The van der Waals surface area contributed by atoms with Crippen molar-refractivity contribution in [1.29, 1.82) is 0 Å². The Bertz CT molecular complexity index is 404. The smallest absolute Gasteiger partial charge is 0.122 e. The van der Waals surface area contributed by atoms with Gasteiger partial charge in [-0.1, -0.05) is 12.2 Å². The standard InChI is InChI=1S/C12H17N3OS/c1-8(11-3-2-6-16-11)15-9-4-5-14-10(7-9)12(13)17/h4-5,7-8,11H,2-3,6H2,1H3,(H2,13,17)(H,14,15). The maximum absolute atomic E-state index is 5.64. The van der Waals surface area contributed by atoms with Crippen molar-refractivity contribution in [2.45, 2.75) is 31.9 Å². The van der Waals surface area contributed by atoms with Crippen molar-refractivity contribution in [3.8, 4) is 0 Å². The highest BCUT2D eigenvalue weighted by Gasteiger charge is 2.22. The Balaban J connectivity index is 2.02. The van der Waals surface area contributed by atoms with Crippen LogP contribution in [0.25, 0.3) is 0 Å². The number of nitrogens with one attached hydrogen (secondary N) is 1. The highest BCUT2D eigenvalue weighted by atomic mass is 32.1. The average Bonchev–Trinajstić information content (AvgIpc) is 2.82. The molecule has 5 heteroatoms. The molecule has 0 amide bonds. The summed E-state index contributed by atoms with van der Waals surface area (Å²) in [6.45, 7) is 2.99. The van der Waals surface area contributed by atoms with E-state index in [9.17, 15) is 0 Å². The largest absolute Gasteiger partial charge is 0.388 e. The summed E-state index contributed by atoms with van der Waals surface area (Å²) in [7, 11) is 0. The Hall–Kier alpha value is -1.20. The van der Waals surface area contributed by atoms with Crippen LogP contribution in [0.1, 0.15) is 25.5 Å². The lowest BCUT2D eigenvalue weighted by atomic mass is 10.1. The highest BCUT2D eigenvalue weighted by Crippen LogP contribution is 2.19. The summed E-state index contributed by atoms with van der Waals surface area (Å²) in [4.78, 5) is 4.42. The van der Waals surface area contributed by atoms with Crippen LogP contribution in [0.15, 0.2) is 18.3 Å². The van der Waals surface area contributed by atoms with Gasteiger partial charge in [0.1, 0.15) is 4.99 Å². The zero-order valence-corrected chi connectivity index (χ0v) is 10.7. The number of hydrogen-bond donors (Lipinski definition) is 2. The summed E-state index contributed by atoms with van der Waals surface area (Å²) in [6, 6.07) is 4.06. The van der Waals surface area contributed by atoms with Crippen LogP contribution < -0.4 is 11.1 Å². The lowest BCUT2D eigenvalue weighted by Gasteiger charge is -2.21. The second-order valence-electron chi connectivity index (χ2n) is 4.28. The Morgan fingerprint density at radius 2 is 2.53 bits per heavy atom. The number of nitrogens with two attached hydrogens (primary N) is 1. The van der Waals surface area contributed by atoms with E-state index in [0.717, 1.165) is 25.1 Å². The van der Waals surface area contributed by atoms with Crippen LogP contribution >= 0.6 is 12.2 Å². The first-order valence-electron chi connectivity index (χ1n) is 5.81. The number of anilines is 1. The zero-order valence-electron chi connectivity index (χ0n) is 9.85. The van der Waals surface area contributed by atoms with Crippen molar-refractivity contribution >= 4 is 22.9 Å². The molecule has 4 nitrogen and oxygen atoms in total. The molecule has 1 aliphatic heterocycles. The van der Waals surface area contributed by atoms with Crippen LogP contribution in [0.4, 0.5) is 5.69 Å². The van der Waals surface area contributed by atoms with Crippen LogP contribution in [-0.4, -0.2) is 28.7 Å². The molecule has 2 heterocycles. The summed E-state index contributed by atoms with van der Waals surface area (Å²) < 4.78 is 5.64. The molecule has 0 bridgehead atoms. The topological polar surface area (TPSA) is 60.2 Å². The van der Waals surface area contributed by atoms with Crippen LogP contribution in [-0.2, 0) is 4.74 Å². The van der Waals surface area contributed by atoms with Gasteiger partial charge >= 0.3 is 0 Å². The number of thiocarbonyl (C=S) groups is 1. The van der Waals surface area contributed by atoms with Crippen LogP contribution in [0.5, 0.6) is 0 Å². The zero-order chi connectivity index (χ0) is 12.3. The van der Waals surface area contributed by atoms with Crippen molar-refractivity contribution in [2.75, 3.05) is 11.9 Å². The minimum absolute atomic E-state index is 0.277. The van der Waals surface area contributed by atoms with Crippen molar-refractivity contribution < 1.29 is 4.74 Å². The van der Waals surface area contributed by atoms with Gasteiger partial charge in [0.05, 0.1) is 11.8 Å². The summed E-state index contributed by atoms with van der Waals surface area (Å²) >= 11 is 4.91. The maximum atomic E-state index is 5.64. The van der Waals surface area contributed by atoms with Gasteiger partial charge in [-0.15, -0.1) is 0 Å². The molecular formula is C12H17N3OS. The molecule has 1 fully saturated rings. The van der Waals surface area contributed by atoms with Crippen molar-refractivity contribution in [3.63, 3.8) is 0 Å². The van der Waals surface area contributed by atoms with Crippen LogP contribution in [0.2, 0.25) is 0 Å². The lowest BCUT2D eigenvalue weighted by molar-refractivity contribution is 0.0996. The van der Waals surface area contributed by atoms with Gasteiger partial charge in [-0.25, -0.2) is 0 Å². The van der Waals surface area contributed by atoms with E-state index in [1.54, 1.807) is 6.20 Å². The molecule has 0 aliphatic carbocycles. The van der Waals surface area contributed by atoms with Crippen molar-refractivity contribution in [2.24, 2.45) is 5.73 Å². The lowest BCUT2D eigenvalue weighted by Crippen LogP contribution is -2.30. The normalized spacial score (nSPS) is 21.1. The van der Waals surface area contributed by atoms with E-state index in [-0.39, 0.29) is 12.1 Å². The molecule has 0 radical (unpaired) electrons. The van der Waals surface area contributed by atoms with E-state index in [0.29, 0.717) is 10.7 Å². The molecule has 92 valence electrons. The fourth-order valence-electron chi connectivity index (χ4n) is 2.01. The molecule has 1 saturated heterocycles. The van der Waals surface area contributed by atoms with Crippen molar-refractivity contribution in [1.82, 2.24) is 4.98 Å². The number of aromatic nitrogens is 1. The summed E-state index contributed by atoms with van der Waals surface area (Å²) in [6.07, 6.45) is 4.25. The molecule has 3 N–H and O–H groups in total. The maximum Gasteiger partial charge on any atom is 0.122 e. The monoisotopic (exact) mass is 251 g/mol. The van der Waals surface area contributed by atoms with Gasteiger partial charge in [0.15, 0.2) is 0 Å². The van der Waals surface area contributed by atoms with E-state index in [1.165, 1.54) is 0 Å². The Morgan fingerprint density at radius 3 is 3.18 bits per heavy atom. The number of ether oxygens (including phenoxy) is 1. The molecule has 2 rings (SSSR count). The molecule has 1 aliphatic rings. The van der Waals surface area contributed by atoms with Gasteiger partial charge in [0.25, 0.3) is 0 Å². The van der Waals surface area contributed by atoms with Crippen LogP contribution in [0, 0.1) is 0 Å². The van der Waals surface area contributed by atoms with E-state index >= 15 is 0 Å². The molecule has 0 aromatic carbocycles. The number of rotatable bonds is 4. The van der Waals surface area contributed by atoms with E-state index in [4.69, 9.17) is 22.7 Å². The summed E-state index contributed by atoms with van der Waals surface area (Å²) in [5.41, 5.74) is 7.17. The molecule has 2 unspecified atom stereocenters. The van der Waals surface area contributed by atoms with Gasteiger partial charge in [-0.2, -0.15) is 0 Å². The third-order valence-electron chi connectivity index (χ3n) is 2.93. The Labute approximate surface area is 107 Å². The summed E-state index contributed by atoms with van der Waals surface area (Å²) in [5, 5.41) is 3.40. The molecule has 17 heavy (non-hydrogen) atoms. The quantitative estimate of drug-likeness (QED) is 0.798. The first kappa shape index (κ1) is 12.3. The predicted octanol–water partition coefficient (Wildman–Crippen LogP) is 1.70. The van der Waals surface area contributed by atoms with Gasteiger partial charge in [-0.05, 0) is 31.9 Å². The number of hydrogen-bond acceptors (Lipinski definition) is 4. The van der Waals surface area contributed by atoms with E-state index in [2.05, 4.69) is 17.2 Å². The first-order valence-corrected chi connectivity index (χ1v) is 6.21.